The molecular formula is C15H25N3O. The molecule has 0 amide bonds. The van der Waals surface area contributed by atoms with Crippen LogP contribution in [0.3, 0.4) is 0 Å². The normalized spacial score (nSPS) is 15.8. The van der Waals surface area contributed by atoms with Crippen LogP contribution in [0.15, 0.2) is 12.1 Å². The number of rotatable bonds is 6. The second-order valence-electron chi connectivity index (χ2n) is 4.95. The van der Waals surface area contributed by atoms with Gasteiger partial charge in [-0.1, -0.05) is 20.3 Å². The summed E-state index contributed by atoms with van der Waals surface area (Å²) < 4.78 is 5.41. The minimum atomic E-state index is 0.808. The summed E-state index contributed by atoms with van der Waals surface area (Å²) in [5, 5.41) is 3.39. The SMILES string of the molecule is CCCc1cc(CNCC)cc(N2CCOCC2)n1. The maximum Gasteiger partial charge on any atom is 0.129 e. The van der Waals surface area contributed by atoms with Crippen molar-refractivity contribution in [2.75, 3.05) is 37.7 Å². The van der Waals surface area contributed by atoms with E-state index in [4.69, 9.17) is 9.72 Å². The summed E-state index contributed by atoms with van der Waals surface area (Å²) in [7, 11) is 0. The van der Waals surface area contributed by atoms with E-state index in [2.05, 4.69) is 36.2 Å². The van der Waals surface area contributed by atoms with E-state index >= 15 is 0 Å². The Hall–Kier alpha value is -1.13. The van der Waals surface area contributed by atoms with Crippen molar-refractivity contribution in [2.24, 2.45) is 0 Å². The number of ether oxygens (including phenoxy) is 1. The minimum absolute atomic E-state index is 0.808. The number of morpholine rings is 1. The summed E-state index contributed by atoms with van der Waals surface area (Å²) in [6.07, 6.45) is 2.19. The number of hydrogen-bond donors (Lipinski definition) is 1. The lowest BCUT2D eigenvalue weighted by Gasteiger charge is -2.28. The van der Waals surface area contributed by atoms with Crippen molar-refractivity contribution in [1.82, 2.24) is 10.3 Å². The van der Waals surface area contributed by atoms with Crippen molar-refractivity contribution in [3.63, 3.8) is 0 Å². The second kappa shape index (κ2) is 7.46. The summed E-state index contributed by atoms with van der Waals surface area (Å²) in [6.45, 7) is 9.77. The lowest BCUT2D eigenvalue weighted by Crippen LogP contribution is -2.37. The molecule has 1 aliphatic heterocycles. The van der Waals surface area contributed by atoms with Crippen LogP contribution in [0.25, 0.3) is 0 Å². The molecule has 0 unspecified atom stereocenters. The first-order valence-corrected chi connectivity index (χ1v) is 7.36. The van der Waals surface area contributed by atoms with Gasteiger partial charge in [0.05, 0.1) is 13.2 Å². The molecule has 0 bridgehead atoms. The quantitative estimate of drug-likeness (QED) is 0.851. The highest BCUT2D eigenvalue weighted by atomic mass is 16.5. The molecule has 106 valence electrons. The molecule has 0 radical (unpaired) electrons. The Morgan fingerprint density at radius 3 is 2.74 bits per heavy atom. The number of aromatic nitrogens is 1. The second-order valence-corrected chi connectivity index (χ2v) is 4.95. The van der Waals surface area contributed by atoms with Crippen LogP contribution in [0.2, 0.25) is 0 Å². The van der Waals surface area contributed by atoms with Crippen molar-refractivity contribution >= 4 is 5.82 Å². The Morgan fingerprint density at radius 2 is 2.05 bits per heavy atom. The standard InChI is InChI=1S/C15H25N3O/c1-3-5-14-10-13(12-16-4-2)11-15(17-14)18-6-8-19-9-7-18/h10-11,16H,3-9,12H2,1-2H3. The summed E-state index contributed by atoms with van der Waals surface area (Å²) >= 11 is 0. The van der Waals surface area contributed by atoms with Gasteiger partial charge in [0.1, 0.15) is 5.82 Å². The van der Waals surface area contributed by atoms with Crippen LogP contribution >= 0.6 is 0 Å². The zero-order valence-corrected chi connectivity index (χ0v) is 12.1. The highest BCUT2D eigenvalue weighted by Crippen LogP contribution is 2.17. The molecule has 0 saturated carbocycles. The van der Waals surface area contributed by atoms with Crippen LogP contribution in [0.4, 0.5) is 5.82 Å². The Balaban J connectivity index is 2.17. The zero-order valence-electron chi connectivity index (χ0n) is 12.1. The molecule has 0 aromatic carbocycles. The summed E-state index contributed by atoms with van der Waals surface area (Å²) in [5.41, 5.74) is 2.54. The smallest absolute Gasteiger partial charge is 0.129 e. The number of nitrogens with zero attached hydrogens (tertiary/aromatic N) is 2. The van der Waals surface area contributed by atoms with Gasteiger partial charge in [-0.3, -0.25) is 0 Å². The lowest BCUT2D eigenvalue weighted by molar-refractivity contribution is 0.122. The highest BCUT2D eigenvalue weighted by Gasteiger charge is 2.13. The molecule has 0 aliphatic carbocycles. The Morgan fingerprint density at radius 1 is 1.26 bits per heavy atom. The summed E-state index contributed by atoms with van der Waals surface area (Å²) in [6, 6.07) is 4.45. The van der Waals surface area contributed by atoms with Gasteiger partial charge in [0.15, 0.2) is 0 Å². The molecule has 1 saturated heterocycles. The largest absolute Gasteiger partial charge is 0.378 e. The van der Waals surface area contributed by atoms with E-state index in [0.29, 0.717) is 0 Å². The van der Waals surface area contributed by atoms with Crippen LogP contribution in [0.1, 0.15) is 31.5 Å². The predicted octanol–water partition coefficient (Wildman–Crippen LogP) is 1.98. The summed E-state index contributed by atoms with van der Waals surface area (Å²) in [4.78, 5) is 7.13. The number of anilines is 1. The van der Waals surface area contributed by atoms with E-state index < -0.39 is 0 Å². The Bertz CT molecular complexity index is 389. The average Bonchev–Trinajstić information content (AvgIpc) is 2.46. The highest BCUT2D eigenvalue weighted by molar-refractivity contribution is 5.43. The van der Waals surface area contributed by atoms with Gasteiger partial charge in [-0.15, -0.1) is 0 Å². The fraction of sp³-hybridized carbons (Fsp3) is 0.667. The van der Waals surface area contributed by atoms with Gasteiger partial charge < -0.3 is 15.0 Å². The van der Waals surface area contributed by atoms with Crippen molar-refractivity contribution in [3.8, 4) is 0 Å². The molecule has 1 aromatic rings. The van der Waals surface area contributed by atoms with Gasteiger partial charge in [0, 0.05) is 25.3 Å². The van der Waals surface area contributed by atoms with Gasteiger partial charge in [-0.25, -0.2) is 4.98 Å². The molecule has 2 heterocycles. The van der Waals surface area contributed by atoms with Crippen molar-refractivity contribution in [1.29, 1.82) is 0 Å². The van der Waals surface area contributed by atoms with Crippen LogP contribution in [-0.2, 0) is 17.7 Å². The van der Waals surface area contributed by atoms with Gasteiger partial charge in [-0.2, -0.15) is 0 Å². The van der Waals surface area contributed by atoms with E-state index in [0.717, 1.165) is 58.1 Å². The van der Waals surface area contributed by atoms with Gasteiger partial charge in [0.25, 0.3) is 0 Å². The van der Waals surface area contributed by atoms with E-state index in [9.17, 15) is 0 Å². The molecule has 4 heteroatoms. The molecule has 0 spiro atoms. The topological polar surface area (TPSA) is 37.4 Å². The van der Waals surface area contributed by atoms with E-state index in [-0.39, 0.29) is 0 Å². The molecule has 1 aliphatic rings. The first-order valence-electron chi connectivity index (χ1n) is 7.36. The first kappa shape index (κ1) is 14.3. The molecule has 0 atom stereocenters. The Labute approximate surface area is 116 Å². The van der Waals surface area contributed by atoms with Crippen molar-refractivity contribution in [3.05, 3.63) is 23.4 Å². The monoisotopic (exact) mass is 263 g/mol. The van der Waals surface area contributed by atoms with Crippen LogP contribution in [-0.4, -0.2) is 37.8 Å². The van der Waals surface area contributed by atoms with Gasteiger partial charge in [0.2, 0.25) is 0 Å². The summed E-state index contributed by atoms with van der Waals surface area (Å²) in [5.74, 6) is 1.11. The molecule has 1 aromatic heterocycles. The van der Waals surface area contributed by atoms with Crippen LogP contribution in [0, 0.1) is 0 Å². The van der Waals surface area contributed by atoms with Gasteiger partial charge >= 0.3 is 0 Å². The van der Waals surface area contributed by atoms with Crippen LogP contribution in [0.5, 0.6) is 0 Å². The third-order valence-electron chi connectivity index (χ3n) is 3.35. The maximum atomic E-state index is 5.41. The van der Waals surface area contributed by atoms with Crippen molar-refractivity contribution in [2.45, 2.75) is 33.2 Å². The molecule has 2 rings (SSSR count). The maximum absolute atomic E-state index is 5.41. The number of nitrogens with one attached hydrogen (secondary N) is 1. The number of hydrogen-bond acceptors (Lipinski definition) is 4. The molecule has 1 N–H and O–H groups in total. The fourth-order valence-electron chi connectivity index (χ4n) is 2.34. The number of aryl methyl sites for hydroxylation is 1. The van der Waals surface area contributed by atoms with Crippen molar-refractivity contribution < 1.29 is 4.74 Å². The average molecular weight is 263 g/mol. The van der Waals surface area contributed by atoms with Gasteiger partial charge in [-0.05, 0) is 30.7 Å². The zero-order chi connectivity index (χ0) is 13.5. The molecular weight excluding hydrogens is 238 g/mol. The number of pyridine rings is 1. The lowest BCUT2D eigenvalue weighted by atomic mass is 10.1. The van der Waals surface area contributed by atoms with Crippen LogP contribution < -0.4 is 10.2 Å². The minimum Gasteiger partial charge on any atom is -0.378 e. The van der Waals surface area contributed by atoms with E-state index in [1.807, 2.05) is 0 Å². The predicted molar refractivity (Wildman–Crippen MR) is 78.6 cm³/mol. The van der Waals surface area contributed by atoms with E-state index in [1.165, 1.54) is 11.3 Å². The fourth-order valence-corrected chi connectivity index (χ4v) is 2.34. The third kappa shape index (κ3) is 4.18. The molecule has 4 nitrogen and oxygen atoms in total. The third-order valence-corrected chi connectivity index (χ3v) is 3.35. The first-order chi connectivity index (χ1) is 9.33. The molecule has 19 heavy (non-hydrogen) atoms. The Kier molecular flexibility index (Phi) is 5.61. The van der Waals surface area contributed by atoms with E-state index in [1.54, 1.807) is 0 Å². The molecule has 1 fully saturated rings.